The van der Waals surface area contributed by atoms with Crippen molar-refractivity contribution in [2.45, 2.75) is 6.92 Å². The van der Waals surface area contributed by atoms with Crippen molar-refractivity contribution in [3.05, 3.63) is 73.9 Å². The number of hydrogen-bond acceptors (Lipinski definition) is 5. The van der Waals surface area contributed by atoms with E-state index in [2.05, 4.69) is 5.32 Å². The number of halogens is 2. The van der Waals surface area contributed by atoms with Gasteiger partial charge in [-0.1, -0.05) is 11.6 Å². The van der Waals surface area contributed by atoms with Crippen molar-refractivity contribution in [2.24, 2.45) is 0 Å². The largest absolute Gasteiger partial charge is 0.507 e. The maximum absolute atomic E-state index is 12.5. The number of phenols is 1. The highest BCUT2D eigenvalue weighted by molar-refractivity contribution is 6.34. The fraction of sp³-hybridized carbons (Fsp3) is 0.0556. The molecule has 0 aliphatic rings. The number of benzene rings is 2. The van der Waals surface area contributed by atoms with Crippen LogP contribution in [0.5, 0.6) is 5.75 Å². The van der Waals surface area contributed by atoms with Crippen molar-refractivity contribution in [3.8, 4) is 17.1 Å². The van der Waals surface area contributed by atoms with Gasteiger partial charge in [0.25, 0.3) is 11.6 Å². The monoisotopic (exact) mass is 406 g/mol. The quantitative estimate of drug-likeness (QED) is 0.443. The minimum atomic E-state index is -0.615. The number of nitrogens with one attached hydrogen (secondary N) is 1. The third-order valence-electron chi connectivity index (χ3n) is 3.84. The van der Waals surface area contributed by atoms with E-state index in [0.717, 1.165) is 0 Å². The summed E-state index contributed by atoms with van der Waals surface area (Å²) in [6.45, 7) is 1.62. The maximum Gasteiger partial charge on any atom is 0.269 e. The van der Waals surface area contributed by atoms with E-state index in [1.54, 1.807) is 13.0 Å². The molecule has 0 aliphatic heterocycles. The molecule has 0 fully saturated rings. The second-order valence-electron chi connectivity index (χ2n) is 5.66. The van der Waals surface area contributed by atoms with Crippen LogP contribution in [-0.2, 0) is 0 Å². The predicted octanol–water partition coefficient (Wildman–Crippen LogP) is 5.43. The van der Waals surface area contributed by atoms with Crippen LogP contribution < -0.4 is 5.32 Å². The summed E-state index contributed by atoms with van der Waals surface area (Å²) in [5.74, 6) is -0.576. The molecule has 0 radical (unpaired) electrons. The maximum atomic E-state index is 12.5. The average molecular weight is 407 g/mol. The summed E-state index contributed by atoms with van der Waals surface area (Å²) in [5.41, 5.74) is 1.12. The first-order chi connectivity index (χ1) is 12.8. The van der Waals surface area contributed by atoms with Gasteiger partial charge in [0, 0.05) is 23.4 Å². The Hall–Kier alpha value is -3.03. The van der Waals surface area contributed by atoms with Crippen molar-refractivity contribution in [1.29, 1.82) is 0 Å². The van der Waals surface area contributed by atoms with Gasteiger partial charge in [-0.15, -0.1) is 0 Å². The van der Waals surface area contributed by atoms with E-state index < -0.39 is 10.8 Å². The van der Waals surface area contributed by atoms with Crippen molar-refractivity contribution >= 4 is 40.5 Å². The zero-order chi connectivity index (χ0) is 19.7. The Labute approximate surface area is 163 Å². The van der Waals surface area contributed by atoms with Crippen LogP contribution in [0.15, 0.2) is 46.9 Å². The van der Waals surface area contributed by atoms with Crippen LogP contribution in [-0.4, -0.2) is 15.9 Å². The number of phenolic OH excluding ortho intramolecular Hbond substituents is 1. The zero-order valence-electron chi connectivity index (χ0n) is 13.8. The Bertz CT molecular complexity index is 1060. The average Bonchev–Trinajstić information content (AvgIpc) is 3.04. The molecule has 3 aromatic rings. The van der Waals surface area contributed by atoms with Gasteiger partial charge in [-0.3, -0.25) is 14.9 Å². The number of carbonyl (C=O) groups is 1. The van der Waals surface area contributed by atoms with Crippen LogP contribution in [0.3, 0.4) is 0 Å². The van der Waals surface area contributed by atoms with Crippen LogP contribution >= 0.6 is 23.2 Å². The van der Waals surface area contributed by atoms with Crippen LogP contribution in [0.25, 0.3) is 11.3 Å². The van der Waals surface area contributed by atoms with Crippen molar-refractivity contribution in [1.82, 2.24) is 0 Å². The fourth-order valence-electron chi connectivity index (χ4n) is 2.48. The molecule has 1 aromatic heterocycles. The topological polar surface area (TPSA) is 106 Å². The zero-order valence-corrected chi connectivity index (χ0v) is 15.3. The van der Waals surface area contributed by atoms with Gasteiger partial charge in [0.1, 0.15) is 11.5 Å². The van der Waals surface area contributed by atoms with Gasteiger partial charge >= 0.3 is 0 Å². The van der Waals surface area contributed by atoms with Crippen molar-refractivity contribution < 1.29 is 19.2 Å². The number of rotatable bonds is 4. The lowest BCUT2D eigenvalue weighted by Crippen LogP contribution is -2.13. The SMILES string of the molecule is Cc1cc([N+](=O)[O-])ccc1NC(=O)c1cc(Cl)c(-c2ccc(Cl)o2)cc1O. The Kier molecular flexibility index (Phi) is 5.07. The first-order valence-electron chi connectivity index (χ1n) is 7.61. The molecule has 0 saturated carbocycles. The van der Waals surface area contributed by atoms with E-state index in [4.69, 9.17) is 27.6 Å². The Balaban J connectivity index is 1.89. The molecule has 3 rings (SSSR count). The lowest BCUT2D eigenvalue weighted by molar-refractivity contribution is -0.384. The number of hydrogen-bond donors (Lipinski definition) is 2. The van der Waals surface area contributed by atoms with Gasteiger partial charge in [0.2, 0.25) is 0 Å². The molecule has 9 heteroatoms. The lowest BCUT2D eigenvalue weighted by atomic mass is 10.1. The Morgan fingerprint density at radius 3 is 2.52 bits per heavy atom. The number of carbonyl (C=O) groups excluding carboxylic acids is 1. The van der Waals surface area contributed by atoms with Crippen LogP contribution in [0.2, 0.25) is 10.2 Å². The molecule has 0 atom stereocenters. The van der Waals surface area contributed by atoms with Gasteiger partial charge < -0.3 is 14.8 Å². The molecule has 0 unspecified atom stereocenters. The summed E-state index contributed by atoms with van der Waals surface area (Å²) in [6.07, 6.45) is 0. The first kappa shape index (κ1) is 18.8. The number of amides is 1. The fourth-order valence-corrected chi connectivity index (χ4v) is 2.89. The highest BCUT2D eigenvalue weighted by atomic mass is 35.5. The number of nitrogens with zero attached hydrogens (tertiary/aromatic N) is 1. The Morgan fingerprint density at radius 1 is 1.19 bits per heavy atom. The van der Waals surface area contributed by atoms with Gasteiger partial charge in [-0.05, 0) is 54.4 Å². The third kappa shape index (κ3) is 3.89. The molecule has 138 valence electrons. The highest BCUT2D eigenvalue weighted by Gasteiger charge is 2.18. The van der Waals surface area contributed by atoms with E-state index in [0.29, 0.717) is 22.6 Å². The molecule has 1 amide bonds. The molecule has 1 heterocycles. The van der Waals surface area contributed by atoms with E-state index in [1.165, 1.54) is 36.4 Å². The van der Waals surface area contributed by atoms with E-state index >= 15 is 0 Å². The van der Waals surface area contributed by atoms with Crippen molar-refractivity contribution in [3.63, 3.8) is 0 Å². The van der Waals surface area contributed by atoms with E-state index in [-0.39, 0.29) is 27.2 Å². The molecule has 0 saturated heterocycles. The number of aryl methyl sites for hydroxylation is 1. The summed E-state index contributed by atoms with van der Waals surface area (Å²) < 4.78 is 5.26. The van der Waals surface area contributed by atoms with Gasteiger partial charge in [-0.2, -0.15) is 0 Å². The summed E-state index contributed by atoms with van der Waals surface area (Å²) in [5, 5.41) is 24.0. The minimum absolute atomic E-state index is 0.0563. The number of aromatic hydroxyl groups is 1. The molecule has 0 aliphatic carbocycles. The van der Waals surface area contributed by atoms with Gasteiger partial charge in [0.05, 0.1) is 15.5 Å². The third-order valence-corrected chi connectivity index (χ3v) is 4.35. The second-order valence-corrected chi connectivity index (χ2v) is 6.44. The van der Waals surface area contributed by atoms with Gasteiger partial charge in [0.15, 0.2) is 5.22 Å². The summed E-state index contributed by atoms with van der Waals surface area (Å²) in [6, 6.07) is 9.76. The first-order valence-corrected chi connectivity index (χ1v) is 8.36. The lowest BCUT2D eigenvalue weighted by Gasteiger charge is -2.11. The van der Waals surface area contributed by atoms with E-state index in [9.17, 15) is 20.0 Å². The number of non-ortho nitro benzene ring substituents is 1. The Morgan fingerprint density at radius 2 is 1.93 bits per heavy atom. The normalized spacial score (nSPS) is 10.6. The molecular weight excluding hydrogens is 395 g/mol. The number of anilines is 1. The second kappa shape index (κ2) is 7.30. The molecule has 2 aromatic carbocycles. The molecule has 7 nitrogen and oxygen atoms in total. The predicted molar refractivity (Wildman–Crippen MR) is 102 cm³/mol. The van der Waals surface area contributed by atoms with Crippen molar-refractivity contribution in [2.75, 3.05) is 5.32 Å². The van der Waals surface area contributed by atoms with Crippen LogP contribution in [0.4, 0.5) is 11.4 Å². The molecule has 27 heavy (non-hydrogen) atoms. The summed E-state index contributed by atoms with van der Waals surface area (Å²) in [7, 11) is 0. The standard InChI is InChI=1S/C18H12Cl2N2O5/c1-9-6-10(22(25)26)2-3-14(9)21-18(24)12-7-13(19)11(8-15(12)23)16-4-5-17(20)27-16/h2-8,23H,1H3,(H,21,24). The summed E-state index contributed by atoms with van der Waals surface area (Å²) in [4.78, 5) is 22.8. The van der Waals surface area contributed by atoms with Crippen LogP contribution in [0, 0.1) is 17.0 Å². The number of nitro groups is 1. The molecule has 2 N–H and O–H groups in total. The summed E-state index contributed by atoms with van der Waals surface area (Å²) >= 11 is 12.0. The highest BCUT2D eigenvalue weighted by Crippen LogP contribution is 2.36. The molecular formula is C18H12Cl2N2O5. The minimum Gasteiger partial charge on any atom is -0.507 e. The smallest absolute Gasteiger partial charge is 0.269 e. The van der Waals surface area contributed by atoms with E-state index in [1.807, 2.05) is 0 Å². The molecule has 0 spiro atoms. The molecule has 0 bridgehead atoms. The van der Waals surface area contributed by atoms with Gasteiger partial charge in [-0.25, -0.2) is 0 Å². The van der Waals surface area contributed by atoms with Crippen LogP contribution in [0.1, 0.15) is 15.9 Å². The number of furan rings is 1. The number of nitro benzene ring substituents is 1.